The van der Waals surface area contributed by atoms with Gasteiger partial charge in [-0.05, 0) is 47.3 Å². The summed E-state index contributed by atoms with van der Waals surface area (Å²) in [5.41, 5.74) is 0.999. The van der Waals surface area contributed by atoms with Gasteiger partial charge in [0.1, 0.15) is 16.5 Å². The summed E-state index contributed by atoms with van der Waals surface area (Å²) in [4.78, 5) is 12.6. The molecule has 1 N–H and O–H groups in total. The molecule has 2 aromatic carbocycles. The fourth-order valence-corrected chi connectivity index (χ4v) is 5.47. The van der Waals surface area contributed by atoms with Crippen LogP contribution in [0.4, 0.5) is 20.2 Å². The van der Waals surface area contributed by atoms with Crippen LogP contribution in [0.5, 0.6) is 0 Å². The van der Waals surface area contributed by atoms with E-state index >= 15 is 0 Å². The van der Waals surface area contributed by atoms with Crippen molar-refractivity contribution < 1.29 is 22.0 Å². The lowest BCUT2D eigenvalue weighted by Gasteiger charge is -2.29. The van der Waals surface area contributed by atoms with Gasteiger partial charge in [0.2, 0.25) is 5.78 Å². The van der Waals surface area contributed by atoms with Gasteiger partial charge in [-0.15, -0.1) is 11.3 Å². The Labute approximate surface area is 170 Å². The second-order valence-electron chi connectivity index (χ2n) is 6.27. The van der Waals surface area contributed by atoms with E-state index in [2.05, 4.69) is 5.32 Å². The summed E-state index contributed by atoms with van der Waals surface area (Å²) in [7, 11) is -4.22. The zero-order valence-corrected chi connectivity index (χ0v) is 16.4. The summed E-state index contributed by atoms with van der Waals surface area (Å²) >= 11 is 1.12. The number of hydrogen-bond acceptors (Lipinski definition) is 5. The second-order valence-corrected chi connectivity index (χ2v) is 9.02. The number of anilines is 2. The van der Waals surface area contributed by atoms with Crippen molar-refractivity contribution in [3.8, 4) is 0 Å². The van der Waals surface area contributed by atoms with Crippen LogP contribution in [0.3, 0.4) is 0 Å². The number of ketones is 1. The molecule has 0 saturated heterocycles. The predicted molar refractivity (Wildman–Crippen MR) is 108 cm³/mol. The number of carbonyl (C=O) groups is 1. The summed E-state index contributed by atoms with van der Waals surface area (Å²) in [5.74, 6) is -1.63. The van der Waals surface area contributed by atoms with Crippen molar-refractivity contribution in [2.75, 3.05) is 9.62 Å². The van der Waals surface area contributed by atoms with E-state index in [-0.39, 0.29) is 17.1 Å². The van der Waals surface area contributed by atoms with E-state index in [4.69, 9.17) is 0 Å². The molecule has 1 aromatic heterocycles. The van der Waals surface area contributed by atoms with E-state index in [1.165, 1.54) is 36.4 Å². The van der Waals surface area contributed by atoms with Gasteiger partial charge in [0, 0.05) is 11.9 Å². The van der Waals surface area contributed by atoms with Gasteiger partial charge in [-0.2, -0.15) is 0 Å². The first-order valence-electron chi connectivity index (χ1n) is 8.48. The average molecular weight is 432 g/mol. The van der Waals surface area contributed by atoms with Crippen LogP contribution in [-0.2, 0) is 16.6 Å². The average Bonchev–Trinajstić information content (AvgIpc) is 3.15. The van der Waals surface area contributed by atoms with E-state index in [9.17, 15) is 22.0 Å². The minimum absolute atomic E-state index is 0.131. The maximum absolute atomic E-state index is 13.6. The Morgan fingerprint density at radius 3 is 2.48 bits per heavy atom. The van der Waals surface area contributed by atoms with Crippen LogP contribution in [-0.4, -0.2) is 14.2 Å². The minimum atomic E-state index is -4.22. The third-order valence-corrected chi connectivity index (χ3v) is 6.99. The molecule has 29 heavy (non-hydrogen) atoms. The molecule has 1 aliphatic rings. The molecule has 0 bridgehead atoms. The van der Waals surface area contributed by atoms with Crippen molar-refractivity contribution in [2.24, 2.45) is 0 Å². The second kappa shape index (κ2) is 7.41. The molecule has 148 valence electrons. The zero-order valence-electron chi connectivity index (χ0n) is 14.8. The van der Waals surface area contributed by atoms with Crippen molar-refractivity contribution in [3.63, 3.8) is 0 Å². The van der Waals surface area contributed by atoms with Crippen LogP contribution >= 0.6 is 11.3 Å². The summed E-state index contributed by atoms with van der Waals surface area (Å²) in [6.07, 6.45) is 1.06. The first kappa shape index (κ1) is 19.3. The topological polar surface area (TPSA) is 66.5 Å². The first-order chi connectivity index (χ1) is 13.9. The van der Waals surface area contributed by atoms with Gasteiger partial charge in [0.25, 0.3) is 10.0 Å². The third-order valence-electron chi connectivity index (χ3n) is 4.32. The highest BCUT2D eigenvalue weighted by Crippen LogP contribution is 2.39. The first-order valence-corrected chi connectivity index (χ1v) is 10.8. The maximum atomic E-state index is 13.6. The molecular weight excluding hydrogens is 418 g/mol. The molecule has 0 spiro atoms. The Hall–Kier alpha value is -3.04. The van der Waals surface area contributed by atoms with Crippen molar-refractivity contribution in [3.05, 3.63) is 93.2 Å². The lowest BCUT2D eigenvalue weighted by atomic mass is 10.2. The number of hydrogen-bond donors (Lipinski definition) is 1. The Balaban J connectivity index is 1.75. The highest BCUT2D eigenvalue weighted by atomic mass is 32.2. The molecule has 1 aliphatic heterocycles. The normalized spacial score (nSPS) is 16.7. The van der Waals surface area contributed by atoms with Crippen LogP contribution in [0.1, 0.15) is 15.2 Å². The molecule has 2 heterocycles. The Morgan fingerprint density at radius 1 is 1.03 bits per heavy atom. The summed E-state index contributed by atoms with van der Waals surface area (Å²) in [5, 5.41) is 4.30. The maximum Gasteiger partial charge on any atom is 0.270 e. The number of nitrogens with one attached hydrogen (secondary N) is 1. The molecule has 0 unspecified atom stereocenters. The summed E-state index contributed by atoms with van der Waals surface area (Å²) in [6.45, 7) is -0.131. The van der Waals surface area contributed by atoms with Crippen LogP contribution in [0, 0.1) is 11.6 Å². The largest absolute Gasteiger partial charge is 0.360 e. The molecule has 4 rings (SSSR count). The van der Waals surface area contributed by atoms with Gasteiger partial charge in [-0.25, -0.2) is 17.2 Å². The zero-order chi connectivity index (χ0) is 20.6. The quantitative estimate of drug-likeness (QED) is 0.616. The molecule has 0 radical (unpaired) electrons. The number of sulfonamides is 1. The number of rotatable bonds is 4. The monoisotopic (exact) mass is 432 g/mol. The van der Waals surface area contributed by atoms with Gasteiger partial charge in [0.05, 0.1) is 12.2 Å². The minimum Gasteiger partial charge on any atom is -0.360 e. The van der Waals surface area contributed by atoms with Crippen LogP contribution < -0.4 is 9.62 Å². The molecular formula is C20H14F2N2O3S2. The Bertz CT molecular complexity index is 1240. The highest BCUT2D eigenvalue weighted by molar-refractivity contribution is 7.97. The van der Waals surface area contributed by atoms with Crippen LogP contribution in [0.15, 0.2) is 71.1 Å². The summed E-state index contributed by atoms with van der Waals surface area (Å²) < 4.78 is 54.4. The number of halogens is 2. The smallest absolute Gasteiger partial charge is 0.270 e. The summed E-state index contributed by atoms with van der Waals surface area (Å²) in [6, 6.07) is 12.6. The van der Waals surface area contributed by atoms with Crippen LogP contribution in [0.25, 0.3) is 0 Å². The predicted octanol–water partition coefficient (Wildman–Crippen LogP) is 4.51. The van der Waals surface area contributed by atoms with E-state index in [0.29, 0.717) is 11.3 Å². The number of carbonyl (C=O) groups excluding carboxylic acids is 1. The lowest BCUT2D eigenvalue weighted by molar-refractivity contribution is 0.104. The molecule has 3 aromatic rings. The van der Waals surface area contributed by atoms with Crippen molar-refractivity contribution in [1.82, 2.24) is 0 Å². The standard InChI is InChI=1S/C20H14F2N2O3S2/c21-14-4-1-3-13(9-14)12-24-17-7-8-28-20(17)19(25)18(29(24,26)27)11-23-16-6-2-5-15(22)10-16/h1-11,23H,12H2/b18-11-. The SMILES string of the molecule is O=C1/C(=C/Nc2cccc(F)c2)S(=O)(=O)N(Cc2cccc(F)c2)c2ccsc21. The molecule has 0 fully saturated rings. The number of Topliss-reactive ketones (excluding diaryl/α,β-unsaturated/α-hetero) is 1. The lowest BCUT2D eigenvalue weighted by Crippen LogP contribution is -2.38. The van der Waals surface area contributed by atoms with Crippen molar-refractivity contribution in [2.45, 2.75) is 6.54 Å². The highest BCUT2D eigenvalue weighted by Gasteiger charge is 2.41. The van der Waals surface area contributed by atoms with Gasteiger partial charge in [-0.3, -0.25) is 9.10 Å². The van der Waals surface area contributed by atoms with Gasteiger partial charge in [0.15, 0.2) is 4.91 Å². The van der Waals surface area contributed by atoms with E-state index in [1.807, 2.05) is 0 Å². The van der Waals surface area contributed by atoms with E-state index < -0.39 is 32.3 Å². The number of allylic oxidation sites excluding steroid dienone is 1. The fraction of sp³-hybridized carbons (Fsp3) is 0.0500. The number of benzene rings is 2. The molecule has 0 saturated carbocycles. The third kappa shape index (κ3) is 3.66. The van der Waals surface area contributed by atoms with Gasteiger partial charge < -0.3 is 5.32 Å². The molecule has 9 heteroatoms. The van der Waals surface area contributed by atoms with E-state index in [0.717, 1.165) is 21.8 Å². The van der Waals surface area contributed by atoms with Gasteiger partial charge >= 0.3 is 0 Å². The Kier molecular flexibility index (Phi) is 4.93. The number of nitrogens with zero attached hydrogens (tertiary/aromatic N) is 1. The van der Waals surface area contributed by atoms with E-state index in [1.54, 1.807) is 23.6 Å². The number of fused-ring (bicyclic) bond motifs is 1. The molecule has 5 nitrogen and oxygen atoms in total. The molecule has 0 aliphatic carbocycles. The van der Waals surface area contributed by atoms with Crippen molar-refractivity contribution in [1.29, 1.82) is 0 Å². The van der Waals surface area contributed by atoms with Crippen LogP contribution in [0.2, 0.25) is 0 Å². The number of thiophene rings is 1. The van der Waals surface area contributed by atoms with Crippen molar-refractivity contribution >= 4 is 38.5 Å². The fourth-order valence-electron chi connectivity index (χ4n) is 2.98. The Morgan fingerprint density at radius 2 is 1.76 bits per heavy atom. The molecule has 0 atom stereocenters. The van der Waals surface area contributed by atoms with Gasteiger partial charge in [-0.1, -0.05) is 18.2 Å². The molecule has 0 amide bonds.